The van der Waals surface area contributed by atoms with Crippen molar-refractivity contribution in [3.05, 3.63) is 0 Å². The first-order valence-corrected chi connectivity index (χ1v) is 9.71. The standard InChI is InChI=1S/C18H30N4O7/c1-3-10(2)15(17(27)21-12(18(28)29)6-7-14(24)25)22-13(23)9-20-16(26)11-5-4-8-19-11/h10-12,15,19H,3-9H2,1-2H3,(H,20,26)(H,21,27)(H,22,23)(H,24,25)(H,28,29). The molecule has 6 N–H and O–H groups in total. The number of carbonyl (C=O) groups excluding carboxylic acids is 3. The number of carboxylic acid groups (broad SMARTS) is 2. The van der Waals surface area contributed by atoms with Gasteiger partial charge in [-0.2, -0.15) is 0 Å². The van der Waals surface area contributed by atoms with E-state index in [0.29, 0.717) is 12.8 Å². The molecule has 0 bridgehead atoms. The summed E-state index contributed by atoms with van der Waals surface area (Å²) in [7, 11) is 0. The molecule has 1 aliphatic rings. The van der Waals surface area contributed by atoms with Crippen LogP contribution < -0.4 is 21.3 Å². The highest BCUT2D eigenvalue weighted by Gasteiger charge is 2.30. The molecule has 164 valence electrons. The zero-order valence-electron chi connectivity index (χ0n) is 16.7. The number of hydrogen-bond acceptors (Lipinski definition) is 6. The van der Waals surface area contributed by atoms with Gasteiger partial charge in [0.1, 0.15) is 12.1 Å². The summed E-state index contributed by atoms with van der Waals surface area (Å²) >= 11 is 0. The summed E-state index contributed by atoms with van der Waals surface area (Å²) in [5.74, 6) is -4.42. The topological polar surface area (TPSA) is 174 Å². The van der Waals surface area contributed by atoms with Crippen LogP contribution in [-0.2, 0) is 24.0 Å². The minimum atomic E-state index is -1.38. The fourth-order valence-corrected chi connectivity index (χ4v) is 2.91. The maximum Gasteiger partial charge on any atom is 0.326 e. The zero-order chi connectivity index (χ0) is 22.0. The maximum atomic E-state index is 12.6. The van der Waals surface area contributed by atoms with Gasteiger partial charge in [0.25, 0.3) is 0 Å². The van der Waals surface area contributed by atoms with Crippen molar-refractivity contribution in [1.82, 2.24) is 21.3 Å². The zero-order valence-corrected chi connectivity index (χ0v) is 16.7. The highest BCUT2D eigenvalue weighted by Crippen LogP contribution is 2.09. The lowest BCUT2D eigenvalue weighted by Crippen LogP contribution is -2.55. The van der Waals surface area contributed by atoms with Crippen molar-refractivity contribution in [3.8, 4) is 0 Å². The molecule has 11 heteroatoms. The normalized spacial score (nSPS) is 18.9. The Kier molecular flexibility index (Phi) is 10.1. The quantitative estimate of drug-likeness (QED) is 0.231. The third-order valence-electron chi connectivity index (χ3n) is 4.87. The lowest BCUT2D eigenvalue weighted by molar-refractivity contribution is -0.143. The molecule has 1 aliphatic heterocycles. The van der Waals surface area contributed by atoms with E-state index in [1.807, 2.05) is 6.92 Å². The molecule has 0 aliphatic carbocycles. The molecular weight excluding hydrogens is 384 g/mol. The first kappa shape index (κ1) is 24.3. The molecule has 0 aromatic heterocycles. The Hall–Kier alpha value is -2.69. The molecule has 1 heterocycles. The highest BCUT2D eigenvalue weighted by molar-refractivity contribution is 5.92. The Morgan fingerprint density at radius 2 is 1.83 bits per heavy atom. The summed E-state index contributed by atoms with van der Waals surface area (Å²) in [6.45, 7) is 3.97. The van der Waals surface area contributed by atoms with Gasteiger partial charge in [-0.15, -0.1) is 0 Å². The number of hydrogen-bond donors (Lipinski definition) is 6. The lowest BCUT2D eigenvalue weighted by Gasteiger charge is -2.25. The summed E-state index contributed by atoms with van der Waals surface area (Å²) in [6, 6.07) is -2.72. The molecule has 3 amide bonds. The van der Waals surface area contributed by atoms with Crippen LogP contribution in [0.2, 0.25) is 0 Å². The highest BCUT2D eigenvalue weighted by atomic mass is 16.4. The maximum absolute atomic E-state index is 12.6. The monoisotopic (exact) mass is 414 g/mol. The average molecular weight is 414 g/mol. The number of carboxylic acids is 2. The van der Waals surface area contributed by atoms with Crippen LogP contribution in [0.25, 0.3) is 0 Å². The molecule has 4 unspecified atom stereocenters. The predicted molar refractivity (Wildman–Crippen MR) is 102 cm³/mol. The molecule has 11 nitrogen and oxygen atoms in total. The van der Waals surface area contributed by atoms with Crippen molar-refractivity contribution >= 4 is 29.7 Å². The van der Waals surface area contributed by atoms with Crippen molar-refractivity contribution in [3.63, 3.8) is 0 Å². The second-order valence-corrected chi connectivity index (χ2v) is 7.13. The second kappa shape index (κ2) is 12.0. The first-order valence-electron chi connectivity index (χ1n) is 9.71. The Morgan fingerprint density at radius 3 is 2.34 bits per heavy atom. The van der Waals surface area contributed by atoms with E-state index in [9.17, 15) is 29.1 Å². The molecule has 1 rings (SSSR count). The number of nitrogens with one attached hydrogen (secondary N) is 4. The van der Waals surface area contributed by atoms with Gasteiger partial charge >= 0.3 is 11.9 Å². The number of carbonyl (C=O) groups is 5. The van der Waals surface area contributed by atoms with E-state index >= 15 is 0 Å². The van der Waals surface area contributed by atoms with Crippen LogP contribution in [-0.4, -0.2) is 71.1 Å². The fourth-order valence-electron chi connectivity index (χ4n) is 2.91. The summed E-state index contributed by atoms with van der Waals surface area (Å²) < 4.78 is 0. The molecule has 0 radical (unpaired) electrons. The Bertz CT molecular complexity index is 619. The fraction of sp³-hybridized carbons (Fsp3) is 0.722. The summed E-state index contributed by atoms with van der Waals surface area (Å²) in [6.07, 6.45) is 1.41. The van der Waals surface area contributed by atoms with E-state index in [0.717, 1.165) is 13.0 Å². The van der Waals surface area contributed by atoms with Gasteiger partial charge in [-0.3, -0.25) is 19.2 Å². The molecule has 1 fully saturated rings. The van der Waals surface area contributed by atoms with Gasteiger partial charge in [0.2, 0.25) is 17.7 Å². The van der Waals surface area contributed by atoms with Gasteiger partial charge < -0.3 is 31.5 Å². The Balaban J connectivity index is 2.65. The van der Waals surface area contributed by atoms with Crippen molar-refractivity contribution < 1.29 is 34.2 Å². The van der Waals surface area contributed by atoms with Crippen molar-refractivity contribution in [2.75, 3.05) is 13.1 Å². The summed E-state index contributed by atoms with van der Waals surface area (Å²) in [5.41, 5.74) is 0. The van der Waals surface area contributed by atoms with Crippen molar-refractivity contribution in [2.24, 2.45) is 5.92 Å². The SMILES string of the molecule is CCC(C)C(NC(=O)CNC(=O)C1CCCN1)C(=O)NC(CCC(=O)O)C(=O)O. The predicted octanol–water partition coefficient (Wildman–Crippen LogP) is -1.18. The Labute approximate surface area is 169 Å². The van der Waals surface area contributed by atoms with Gasteiger partial charge in [-0.25, -0.2) is 4.79 Å². The van der Waals surface area contributed by atoms with Gasteiger partial charge in [0.15, 0.2) is 0 Å². The molecule has 0 aromatic carbocycles. The van der Waals surface area contributed by atoms with Crippen LogP contribution in [0.15, 0.2) is 0 Å². The summed E-state index contributed by atoms with van der Waals surface area (Å²) in [5, 5.41) is 28.3. The van der Waals surface area contributed by atoms with Crippen LogP contribution in [0.4, 0.5) is 0 Å². The second-order valence-electron chi connectivity index (χ2n) is 7.13. The average Bonchev–Trinajstić information content (AvgIpc) is 3.21. The molecule has 0 spiro atoms. The third kappa shape index (κ3) is 8.46. The molecular formula is C18H30N4O7. The van der Waals surface area contributed by atoms with E-state index in [-0.39, 0.29) is 30.8 Å². The van der Waals surface area contributed by atoms with E-state index < -0.39 is 42.3 Å². The molecule has 4 atom stereocenters. The molecule has 1 saturated heterocycles. The van der Waals surface area contributed by atoms with Gasteiger partial charge in [-0.05, 0) is 31.7 Å². The van der Waals surface area contributed by atoms with Crippen LogP contribution in [0.5, 0.6) is 0 Å². The van der Waals surface area contributed by atoms with Crippen LogP contribution in [0.1, 0.15) is 46.0 Å². The minimum absolute atomic E-state index is 0.276. The van der Waals surface area contributed by atoms with Crippen LogP contribution in [0.3, 0.4) is 0 Å². The van der Waals surface area contributed by atoms with Crippen molar-refractivity contribution in [2.45, 2.75) is 64.1 Å². The number of rotatable bonds is 12. The van der Waals surface area contributed by atoms with E-state index in [1.165, 1.54) is 0 Å². The third-order valence-corrected chi connectivity index (χ3v) is 4.87. The lowest BCUT2D eigenvalue weighted by atomic mass is 9.97. The molecule has 0 aromatic rings. The minimum Gasteiger partial charge on any atom is -0.481 e. The smallest absolute Gasteiger partial charge is 0.326 e. The molecule has 0 saturated carbocycles. The Morgan fingerprint density at radius 1 is 1.14 bits per heavy atom. The van der Waals surface area contributed by atoms with Crippen molar-refractivity contribution in [1.29, 1.82) is 0 Å². The van der Waals surface area contributed by atoms with E-state index in [4.69, 9.17) is 5.11 Å². The number of amides is 3. The van der Waals surface area contributed by atoms with Gasteiger partial charge in [-0.1, -0.05) is 20.3 Å². The van der Waals surface area contributed by atoms with Crippen LogP contribution >= 0.6 is 0 Å². The van der Waals surface area contributed by atoms with E-state index in [2.05, 4.69) is 21.3 Å². The van der Waals surface area contributed by atoms with Gasteiger partial charge in [0, 0.05) is 6.42 Å². The summed E-state index contributed by atoms with van der Waals surface area (Å²) in [4.78, 5) is 58.7. The number of aliphatic carboxylic acids is 2. The first-order chi connectivity index (χ1) is 13.6. The van der Waals surface area contributed by atoms with Gasteiger partial charge in [0.05, 0.1) is 12.6 Å². The molecule has 29 heavy (non-hydrogen) atoms. The largest absolute Gasteiger partial charge is 0.481 e. The van der Waals surface area contributed by atoms with E-state index in [1.54, 1.807) is 6.92 Å². The van der Waals surface area contributed by atoms with Crippen LogP contribution in [0, 0.1) is 5.92 Å².